The van der Waals surface area contributed by atoms with Gasteiger partial charge in [-0.25, -0.2) is 8.42 Å². The molecule has 1 aromatic carbocycles. The molecule has 0 radical (unpaired) electrons. The maximum atomic E-state index is 12.7. The molecular weight excluding hydrogens is 280 g/mol. The van der Waals surface area contributed by atoms with Gasteiger partial charge in [-0.3, -0.25) is 0 Å². The maximum Gasteiger partial charge on any atom is 0.244 e. The molecule has 0 amide bonds. The van der Waals surface area contributed by atoms with Crippen LogP contribution in [0, 0.1) is 11.8 Å². The van der Waals surface area contributed by atoms with Gasteiger partial charge in [0.05, 0.1) is 4.90 Å². The van der Waals surface area contributed by atoms with E-state index < -0.39 is 10.0 Å². The smallest absolute Gasteiger partial charge is 0.244 e. The third kappa shape index (κ3) is 2.31. The van der Waals surface area contributed by atoms with Crippen molar-refractivity contribution in [2.45, 2.75) is 9.79 Å². The molecule has 1 N–H and O–H groups in total. The first kappa shape index (κ1) is 13.4. The van der Waals surface area contributed by atoms with Crippen molar-refractivity contribution in [2.75, 3.05) is 32.4 Å². The highest BCUT2D eigenvalue weighted by atomic mass is 32.2. The average Bonchev–Trinajstić information content (AvgIpc) is 2.99. The van der Waals surface area contributed by atoms with Crippen LogP contribution in [0.5, 0.6) is 0 Å². The Labute approximate surface area is 118 Å². The van der Waals surface area contributed by atoms with E-state index in [4.69, 9.17) is 0 Å². The molecule has 6 heteroatoms. The fourth-order valence-corrected chi connectivity index (χ4v) is 5.66. The van der Waals surface area contributed by atoms with E-state index in [9.17, 15) is 8.42 Å². The summed E-state index contributed by atoms with van der Waals surface area (Å²) in [5, 5.41) is 3.33. The predicted octanol–water partition coefficient (Wildman–Crippen LogP) is 1.25. The van der Waals surface area contributed by atoms with Gasteiger partial charge in [0.25, 0.3) is 0 Å². The summed E-state index contributed by atoms with van der Waals surface area (Å²) in [5.41, 5.74) is 0. The standard InChI is InChI=1S/C13H18N2O2S2/c1-18-12-4-2-3-5-13(12)19(16,17)15-8-10-6-14-7-11(10)9-15/h2-5,10-11,14H,6-9H2,1H3/t10-,11+. The van der Waals surface area contributed by atoms with Crippen LogP contribution in [0.4, 0.5) is 0 Å². The van der Waals surface area contributed by atoms with Gasteiger partial charge in [-0.15, -0.1) is 11.8 Å². The number of fused-ring (bicyclic) bond motifs is 1. The lowest BCUT2D eigenvalue weighted by molar-refractivity contribution is 0.446. The molecule has 0 saturated carbocycles. The molecule has 0 unspecified atom stereocenters. The summed E-state index contributed by atoms with van der Waals surface area (Å²) in [5.74, 6) is 0.965. The first-order valence-corrected chi connectivity index (χ1v) is 9.13. The lowest BCUT2D eigenvalue weighted by Crippen LogP contribution is -2.32. The molecule has 0 aromatic heterocycles. The Kier molecular flexibility index (Phi) is 3.59. The molecule has 2 fully saturated rings. The Morgan fingerprint density at radius 2 is 1.84 bits per heavy atom. The molecule has 0 aliphatic carbocycles. The highest BCUT2D eigenvalue weighted by molar-refractivity contribution is 7.99. The molecule has 3 rings (SSSR count). The van der Waals surface area contributed by atoms with E-state index in [1.165, 1.54) is 11.8 Å². The second-order valence-corrected chi connectivity index (χ2v) is 7.91. The quantitative estimate of drug-likeness (QED) is 0.853. The first-order chi connectivity index (χ1) is 9.13. The Balaban J connectivity index is 1.91. The van der Waals surface area contributed by atoms with Gasteiger partial charge in [-0.05, 0) is 43.3 Å². The molecule has 2 heterocycles. The zero-order valence-corrected chi connectivity index (χ0v) is 12.5. The Hall–Kier alpha value is -0.560. The van der Waals surface area contributed by atoms with Crippen LogP contribution >= 0.6 is 11.8 Å². The van der Waals surface area contributed by atoms with Crippen molar-refractivity contribution in [1.29, 1.82) is 0 Å². The summed E-state index contributed by atoms with van der Waals surface area (Å²) in [6.07, 6.45) is 1.91. The fraction of sp³-hybridized carbons (Fsp3) is 0.538. The van der Waals surface area contributed by atoms with Crippen molar-refractivity contribution in [3.63, 3.8) is 0 Å². The molecular formula is C13H18N2O2S2. The van der Waals surface area contributed by atoms with E-state index in [1.807, 2.05) is 18.4 Å². The van der Waals surface area contributed by atoms with Gasteiger partial charge in [0.15, 0.2) is 0 Å². The normalized spacial score (nSPS) is 27.6. The van der Waals surface area contributed by atoms with Crippen molar-refractivity contribution in [2.24, 2.45) is 11.8 Å². The van der Waals surface area contributed by atoms with Crippen LogP contribution in [-0.2, 0) is 10.0 Å². The third-order valence-electron chi connectivity index (χ3n) is 4.04. The third-order valence-corrected chi connectivity index (χ3v) is 6.86. The number of thioether (sulfide) groups is 1. The largest absolute Gasteiger partial charge is 0.316 e. The van der Waals surface area contributed by atoms with Crippen LogP contribution in [0.25, 0.3) is 0 Å². The highest BCUT2D eigenvalue weighted by Crippen LogP contribution is 2.33. The lowest BCUT2D eigenvalue weighted by atomic mass is 10.0. The van der Waals surface area contributed by atoms with Crippen LogP contribution < -0.4 is 5.32 Å². The number of benzene rings is 1. The number of sulfonamides is 1. The molecule has 19 heavy (non-hydrogen) atoms. The van der Waals surface area contributed by atoms with Crippen molar-refractivity contribution in [3.8, 4) is 0 Å². The molecule has 2 saturated heterocycles. The van der Waals surface area contributed by atoms with Gasteiger partial charge in [0, 0.05) is 18.0 Å². The van der Waals surface area contributed by atoms with Crippen molar-refractivity contribution >= 4 is 21.8 Å². The van der Waals surface area contributed by atoms with Gasteiger partial charge < -0.3 is 5.32 Å². The van der Waals surface area contributed by atoms with Crippen LogP contribution in [0.3, 0.4) is 0 Å². The minimum absolute atomic E-state index is 0.454. The monoisotopic (exact) mass is 298 g/mol. The second kappa shape index (κ2) is 5.09. The number of nitrogens with zero attached hydrogens (tertiary/aromatic N) is 1. The molecule has 2 aliphatic heterocycles. The van der Waals surface area contributed by atoms with Crippen LogP contribution in [0.15, 0.2) is 34.1 Å². The van der Waals surface area contributed by atoms with E-state index in [2.05, 4.69) is 5.32 Å². The van der Waals surface area contributed by atoms with Gasteiger partial charge >= 0.3 is 0 Å². The Morgan fingerprint density at radius 3 is 2.47 bits per heavy atom. The van der Waals surface area contributed by atoms with Gasteiger partial charge in [0.1, 0.15) is 0 Å². The Morgan fingerprint density at radius 1 is 1.21 bits per heavy atom. The van der Waals surface area contributed by atoms with Crippen molar-refractivity contribution < 1.29 is 8.42 Å². The molecule has 1 aromatic rings. The van der Waals surface area contributed by atoms with Crippen molar-refractivity contribution in [1.82, 2.24) is 9.62 Å². The van der Waals surface area contributed by atoms with Gasteiger partial charge in [0.2, 0.25) is 10.0 Å². The van der Waals surface area contributed by atoms with Gasteiger partial charge in [-0.1, -0.05) is 12.1 Å². The molecule has 0 spiro atoms. The molecule has 0 bridgehead atoms. The van der Waals surface area contributed by atoms with E-state index >= 15 is 0 Å². The number of hydrogen-bond acceptors (Lipinski definition) is 4. The molecule has 2 atom stereocenters. The minimum atomic E-state index is -3.34. The zero-order chi connectivity index (χ0) is 13.5. The number of rotatable bonds is 3. The molecule has 4 nitrogen and oxygen atoms in total. The lowest BCUT2D eigenvalue weighted by Gasteiger charge is -2.19. The number of hydrogen-bond donors (Lipinski definition) is 1. The number of nitrogens with one attached hydrogen (secondary N) is 1. The first-order valence-electron chi connectivity index (χ1n) is 6.47. The Bertz CT molecular complexity index is 562. The summed E-state index contributed by atoms with van der Waals surface area (Å²) >= 11 is 1.48. The predicted molar refractivity (Wildman–Crippen MR) is 76.8 cm³/mol. The highest BCUT2D eigenvalue weighted by Gasteiger charge is 2.41. The van der Waals surface area contributed by atoms with E-state index in [0.717, 1.165) is 18.0 Å². The summed E-state index contributed by atoms with van der Waals surface area (Å²) in [6, 6.07) is 7.27. The zero-order valence-electron chi connectivity index (χ0n) is 10.9. The van der Waals surface area contributed by atoms with Gasteiger partial charge in [-0.2, -0.15) is 4.31 Å². The van der Waals surface area contributed by atoms with Crippen LogP contribution in [-0.4, -0.2) is 45.2 Å². The fourth-order valence-electron chi connectivity index (χ4n) is 2.98. The average molecular weight is 298 g/mol. The van der Waals surface area contributed by atoms with Crippen molar-refractivity contribution in [3.05, 3.63) is 24.3 Å². The summed E-state index contributed by atoms with van der Waals surface area (Å²) in [7, 11) is -3.34. The van der Waals surface area contributed by atoms with Crippen LogP contribution in [0.1, 0.15) is 0 Å². The second-order valence-electron chi connectivity index (χ2n) is 5.15. The minimum Gasteiger partial charge on any atom is -0.316 e. The van der Waals surface area contributed by atoms with E-state index in [0.29, 0.717) is 29.8 Å². The summed E-state index contributed by atoms with van der Waals surface area (Å²) in [4.78, 5) is 1.29. The molecule has 2 aliphatic rings. The maximum absolute atomic E-state index is 12.7. The topological polar surface area (TPSA) is 49.4 Å². The molecule has 104 valence electrons. The van der Waals surface area contributed by atoms with Crippen LogP contribution in [0.2, 0.25) is 0 Å². The van der Waals surface area contributed by atoms with E-state index in [1.54, 1.807) is 16.4 Å². The van der Waals surface area contributed by atoms with E-state index in [-0.39, 0.29) is 0 Å². The summed E-state index contributed by atoms with van der Waals surface area (Å²) < 4.78 is 27.1. The summed E-state index contributed by atoms with van der Waals surface area (Å²) in [6.45, 7) is 3.20. The SMILES string of the molecule is CSc1ccccc1S(=O)(=O)N1C[C@H]2CNC[C@H]2C1.